The molecule has 7 nitrogen and oxygen atoms in total. The summed E-state index contributed by atoms with van der Waals surface area (Å²) in [5.74, 6) is -1.87. The highest BCUT2D eigenvalue weighted by molar-refractivity contribution is 7.80. The molecule has 2 amide bonds. The average molecular weight is 510 g/mol. The number of anilines is 1. The molecule has 1 spiro atoms. The summed E-state index contributed by atoms with van der Waals surface area (Å²) in [7, 11) is 2.73. The highest BCUT2D eigenvalue weighted by Gasteiger charge is 2.60. The Morgan fingerprint density at radius 2 is 2.03 bits per heavy atom. The van der Waals surface area contributed by atoms with Crippen LogP contribution in [0.4, 0.5) is 23.2 Å². The van der Waals surface area contributed by atoms with Crippen LogP contribution in [0.25, 0.3) is 0 Å². The van der Waals surface area contributed by atoms with Crippen molar-refractivity contribution in [2.45, 2.75) is 43.9 Å². The minimum atomic E-state index is -4.70. The van der Waals surface area contributed by atoms with Crippen molar-refractivity contribution in [1.82, 2.24) is 15.5 Å². The van der Waals surface area contributed by atoms with Gasteiger partial charge in [-0.3, -0.25) is 19.5 Å². The van der Waals surface area contributed by atoms with Gasteiger partial charge in [-0.1, -0.05) is 0 Å². The average Bonchev–Trinajstić information content (AvgIpc) is 2.99. The molecule has 1 unspecified atom stereocenters. The zero-order valence-corrected chi connectivity index (χ0v) is 20.0. The minimum absolute atomic E-state index is 0.0387. The van der Waals surface area contributed by atoms with E-state index in [9.17, 15) is 27.2 Å². The third-order valence-electron chi connectivity index (χ3n) is 6.49. The van der Waals surface area contributed by atoms with E-state index < -0.39 is 41.0 Å². The number of dihydropyridines is 1. The molecular formula is C23H23F4N5O2S. The Labute approximate surface area is 204 Å². The Morgan fingerprint density at radius 1 is 1.34 bits per heavy atom. The number of carbonyl (C=O) groups is 2. The van der Waals surface area contributed by atoms with Crippen LogP contribution in [0.5, 0.6) is 0 Å². The van der Waals surface area contributed by atoms with E-state index in [4.69, 9.17) is 12.2 Å². The number of halogens is 4. The van der Waals surface area contributed by atoms with Crippen LogP contribution in [-0.4, -0.2) is 59.9 Å². The molecule has 1 atom stereocenters. The minimum Gasteiger partial charge on any atom is -0.375 e. The second-order valence-electron chi connectivity index (χ2n) is 8.53. The van der Waals surface area contributed by atoms with Crippen molar-refractivity contribution in [3.8, 4) is 0 Å². The number of thiocarbonyl (C=S) groups is 1. The van der Waals surface area contributed by atoms with Crippen LogP contribution in [0.1, 0.15) is 36.5 Å². The molecule has 2 N–H and O–H groups in total. The zero-order valence-electron chi connectivity index (χ0n) is 19.2. The van der Waals surface area contributed by atoms with Crippen molar-refractivity contribution < 1.29 is 27.2 Å². The van der Waals surface area contributed by atoms with Gasteiger partial charge in [0.2, 0.25) is 0 Å². The van der Waals surface area contributed by atoms with E-state index in [1.54, 1.807) is 6.92 Å². The number of amides is 2. The van der Waals surface area contributed by atoms with Gasteiger partial charge in [0.25, 0.3) is 11.8 Å². The zero-order chi connectivity index (χ0) is 25.7. The van der Waals surface area contributed by atoms with E-state index in [2.05, 4.69) is 15.6 Å². The fourth-order valence-corrected chi connectivity index (χ4v) is 5.10. The lowest BCUT2D eigenvalue weighted by Crippen LogP contribution is -2.55. The maximum Gasteiger partial charge on any atom is 0.418 e. The summed E-state index contributed by atoms with van der Waals surface area (Å²) in [6.45, 7) is 1.62. The molecule has 4 rings (SSSR count). The predicted octanol–water partition coefficient (Wildman–Crippen LogP) is 3.43. The number of nitrogens with zero attached hydrogens (tertiary/aromatic N) is 3. The SMILES string of the molecule is C/N=C/C1=C(C(F)(F)F)C=C(N2C(=O)C3(CCC3)N(c3ccc(C(=O)NC)c(F)c3)C2=S)C(C)N1. The summed E-state index contributed by atoms with van der Waals surface area (Å²) >= 11 is 5.60. The smallest absolute Gasteiger partial charge is 0.375 e. The number of carbonyl (C=O) groups excluding carboxylic acids is 2. The van der Waals surface area contributed by atoms with E-state index in [0.29, 0.717) is 19.3 Å². The molecular weight excluding hydrogens is 486 g/mol. The third-order valence-corrected chi connectivity index (χ3v) is 6.86. The molecule has 1 saturated carbocycles. The van der Waals surface area contributed by atoms with Crippen LogP contribution in [0, 0.1) is 5.82 Å². The fraction of sp³-hybridized carbons (Fsp3) is 0.391. The van der Waals surface area contributed by atoms with Gasteiger partial charge in [0, 0.05) is 26.0 Å². The van der Waals surface area contributed by atoms with E-state index >= 15 is 0 Å². The number of benzene rings is 1. The molecule has 0 bridgehead atoms. The van der Waals surface area contributed by atoms with Crippen LogP contribution < -0.4 is 15.5 Å². The van der Waals surface area contributed by atoms with Gasteiger partial charge >= 0.3 is 6.18 Å². The first-order valence-electron chi connectivity index (χ1n) is 10.9. The second-order valence-corrected chi connectivity index (χ2v) is 8.90. The molecule has 35 heavy (non-hydrogen) atoms. The summed E-state index contributed by atoms with van der Waals surface area (Å²) in [6, 6.07) is 3.18. The first-order chi connectivity index (χ1) is 16.5. The largest absolute Gasteiger partial charge is 0.418 e. The van der Waals surface area contributed by atoms with Crippen LogP contribution in [0.15, 0.2) is 46.2 Å². The van der Waals surface area contributed by atoms with Gasteiger partial charge in [-0.2, -0.15) is 13.2 Å². The topological polar surface area (TPSA) is 77.0 Å². The predicted molar refractivity (Wildman–Crippen MR) is 126 cm³/mol. The van der Waals surface area contributed by atoms with Gasteiger partial charge in [-0.15, -0.1) is 0 Å². The van der Waals surface area contributed by atoms with Crippen molar-refractivity contribution in [2.24, 2.45) is 4.99 Å². The number of nitrogens with one attached hydrogen (secondary N) is 2. The molecule has 186 valence electrons. The highest BCUT2D eigenvalue weighted by atomic mass is 32.1. The molecule has 12 heteroatoms. The van der Waals surface area contributed by atoms with Gasteiger partial charge in [0.15, 0.2) is 5.11 Å². The van der Waals surface area contributed by atoms with Gasteiger partial charge < -0.3 is 15.5 Å². The number of hydrogen-bond acceptors (Lipinski definition) is 5. The maximum atomic E-state index is 14.8. The standard InChI is InChI=1S/C23H23F4N5O2S/c1-12-18(10-15(23(25,26)27)17(30-12)11-28-2)31-20(34)22(7-4-8-22)32(21(31)35)13-5-6-14(16(24)9-13)19(33)29-3/h5-6,9-12,30H,4,7-8H2,1-3H3,(H,29,33)/b28-11+. The Balaban J connectivity index is 1.80. The van der Waals surface area contributed by atoms with Crippen molar-refractivity contribution in [2.75, 3.05) is 19.0 Å². The monoisotopic (exact) mass is 509 g/mol. The lowest BCUT2D eigenvalue weighted by molar-refractivity contribution is -0.132. The van der Waals surface area contributed by atoms with Gasteiger partial charge in [0.05, 0.1) is 28.6 Å². The Hall–Kier alpha value is -3.28. The van der Waals surface area contributed by atoms with Crippen LogP contribution in [0.2, 0.25) is 0 Å². The molecule has 0 aromatic heterocycles. The number of rotatable bonds is 4. The van der Waals surface area contributed by atoms with Crippen molar-refractivity contribution in [1.29, 1.82) is 0 Å². The van der Waals surface area contributed by atoms with Gasteiger partial charge in [0.1, 0.15) is 11.4 Å². The summed E-state index contributed by atoms with van der Waals surface area (Å²) in [4.78, 5) is 31.8. The molecule has 2 aliphatic heterocycles. The third kappa shape index (κ3) is 3.89. The molecule has 1 aliphatic carbocycles. The molecule has 1 aromatic carbocycles. The summed E-state index contributed by atoms with van der Waals surface area (Å²) in [5, 5.41) is 5.06. The quantitative estimate of drug-likeness (QED) is 0.370. The molecule has 2 fully saturated rings. The summed E-state index contributed by atoms with van der Waals surface area (Å²) in [6.07, 6.45) is -1.19. The number of alkyl halides is 3. The second kappa shape index (κ2) is 8.74. The molecule has 3 aliphatic rings. The maximum absolute atomic E-state index is 14.8. The molecule has 1 saturated heterocycles. The number of hydrogen-bond donors (Lipinski definition) is 2. The lowest BCUT2D eigenvalue weighted by Gasteiger charge is -2.43. The molecule has 0 radical (unpaired) electrons. The first-order valence-corrected chi connectivity index (χ1v) is 11.3. The van der Waals surface area contributed by atoms with Crippen molar-refractivity contribution >= 4 is 41.0 Å². The first kappa shape index (κ1) is 24.8. The Morgan fingerprint density at radius 3 is 2.54 bits per heavy atom. The van der Waals surface area contributed by atoms with Gasteiger partial charge in [-0.05, 0) is 62.7 Å². The summed E-state index contributed by atoms with van der Waals surface area (Å²) < 4.78 is 56.2. The van der Waals surface area contributed by atoms with Gasteiger partial charge in [-0.25, -0.2) is 4.39 Å². The lowest BCUT2D eigenvalue weighted by atomic mass is 9.75. The number of aliphatic imine (C=N–C) groups is 1. The Bertz CT molecular complexity index is 1200. The number of allylic oxidation sites excluding steroid dienone is 3. The molecule has 2 heterocycles. The van der Waals surface area contributed by atoms with E-state index in [0.717, 1.165) is 23.3 Å². The highest BCUT2D eigenvalue weighted by Crippen LogP contribution is 2.48. The van der Waals surface area contributed by atoms with Crippen molar-refractivity contribution in [3.05, 3.63) is 52.6 Å². The van der Waals surface area contributed by atoms with Crippen LogP contribution in [0.3, 0.4) is 0 Å². The van der Waals surface area contributed by atoms with Crippen LogP contribution in [-0.2, 0) is 4.79 Å². The fourth-order valence-electron chi connectivity index (χ4n) is 4.63. The Kier molecular flexibility index (Phi) is 6.20. The normalized spacial score (nSPS) is 22.0. The van der Waals surface area contributed by atoms with Crippen molar-refractivity contribution in [3.63, 3.8) is 0 Å². The van der Waals surface area contributed by atoms with E-state index in [1.165, 1.54) is 31.1 Å². The van der Waals surface area contributed by atoms with E-state index in [-0.39, 0.29) is 27.8 Å². The summed E-state index contributed by atoms with van der Waals surface area (Å²) in [5.41, 5.74) is -2.20. The van der Waals surface area contributed by atoms with Crippen LogP contribution >= 0.6 is 12.2 Å². The molecule has 1 aromatic rings. The van der Waals surface area contributed by atoms with E-state index in [1.807, 2.05) is 0 Å².